The maximum Gasteiger partial charge on any atom is 0.398 e. The molecular weight excluding hydrogens is 252 g/mol. The molecule has 1 rings (SSSR count). The van der Waals surface area contributed by atoms with Gasteiger partial charge in [-0.2, -0.15) is 0 Å². The molecule has 0 saturated heterocycles. The molecule has 0 unspecified atom stereocenters. The summed E-state index contributed by atoms with van der Waals surface area (Å²) in [5, 5.41) is 0. The molecule has 9 heteroatoms. The summed E-state index contributed by atoms with van der Waals surface area (Å²) in [6.07, 6.45) is 0.625. The fourth-order valence-corrected chi connectivity index (χ4v) is 0.898. The first-order valence-corrected chi connectivity index (χ1v) is 4.45. The number of methoxy groups -OCH3 is 1. The average Bonchev–Trinajstić information content (AvgIpc) is 2.34. The summed E-state index contributed by atoms with van der Waals surface area (Å²) in [4.78, 5) is 36.0. The minimum absolute atomic E-state index is 0.448. The fourth-order valence-electron chi connectivity index (χ4n) is 0.898. The molecule has 0 aromatic carbocycles. The number of carbonyl (C=O) groups is 3. The van der Waals surface area contributed by atoms with E-state index in [2.05, 4.69) is 9.72 Å². The first-order chi connectivity index (χ1) is 8.45. The molecule has 0 spiro atoms. The third-order valence-electron chi connectivity index (χ3n) is 1.68. The predicted molar refractivity (Wildman–Crippen MR) is 51.8 cm³/mol. The Morgan fingerprint density at radius 3 is 2.50 bits per heavy atom. The van der Waals surface area contributed by atoms with Gasteiger partial charge in [0.1, 0.15) is 5.82 Å². The normalized spacial score (nSPS) is 9.50. The maximum absolute atomic E-state index is 13.1. The molecule has 0 saturated carbocycles. The van der Waals surface area contributed by atoms with Gasteiger partial charge in [0.25, 0.3) is 5.91 Å². The second kappa shape index (κ2) is 5.66. The third-order valence-corrected chi connectivity index (χ3v) is 1.68. The number of carbonyl (C=O) groups excluding carboxylic acids is 3. The Hall–Kier alpha value is -2.58. The molecule has 0 radical (unpaired) electrons. The van der Waals surface area contributed by atoms with Crippen molar-refractivity contribution in [2.45, 2.75) is 0 Å². The van der Waals surface area contributed by atoms with Crippen LogP contribution in [0.15, 0.2) is 12.3 Å². The number of hydrogen-bond acceptors (Lipinski definition) is 5. The summed E-state index contributed by atoms with van der Waals surface area (Å²) in [5.41, 5.74) is 2.64. The van der Waals surface area contributed by atoms with Crippen LogP contribution in [0.5, 0.6) is 0 Å². The van der Waals surface area contributed by atoms with Crippen molar-refractivity contribution < 1.29 is 27.9 Å². The molecule has 0 atom stereocenters. The van der Waals surface area contributed by atoms with Crippen molar-refractivity contribution in [2.75, 3.05) is 7.11 Å². The van der Waals surface area contributed by atoms with Crippen LogP contribution in [0.25, 0.3) is 0 Å². The van der Waals surface area contributed by atoms with Crippen molar-refractivity contribution in [1.29, 1.82) is 0 Å². The van der Waals surface area contributed by atoms with E-state index >= 15 is 0 Å². The molecule has 1 heterocycles. The summed E-state index contributed by atoms with van der Waals surface area (Å²) < 4.78 is 29.6. The molecule has 2 N–H and O–H groups in total. The second-order valence-electron chi connectivity index (χ2n) is 2.88. The average molecular weight is 259 g/mol. The van der Waals surface area contributed by atoms with Gasteiger partial charge in [-0.05, 0) is 0 Å². The first kappa shape index (κ1) is 13.5. The van der Waals surface area contributed by atoms with E-state index < -0.39 is 35.1 Å². The Labute approximate surface area is 99.1 Å². The van der Waals surface area contributed by atoms with Crippen molar-refractivity contribution in [3.63, 3.8) is 0 Å². The highest BCUT2D eigenvalue weighted by atomic mass is 19.1. The summed E-state index contributed by atoms with van der Waals surface area (Å²) in [5.74, 6) is -5.82. The number of nitrogens with one attached hydrogen (secondary N) is 2. The summed E-state index contributed by atoms with van der Waals surface area (Å²) >= 11 is 0. The SMILES string of the molecule is COC(=O)C(=O)NNC(=O)c1ncc(F)cc1F. The van der Waals surface area contributed by atoms with E-state index in [-0.39, 0.29) is 0 Å². The van der Waals surface area contributed by atoms with Gasteiger partial charge in [-0.15, -0.1) is 0 Å². The van der Waals surface area contributed by atoms with Crippen molar-refractivity contribution >= 4 is 17.8 Å². The molecule has 0 aliphatic carbocycles. The van der Waals surface area contributed by atoms with Crippen molar-refractivity contribution in [1.82, 2.24) is 15.8 Å². The number of aromatic nitrogens is 1. The Balaban J connectivity index is 2.66. The number of hydrazine groups is 1. The Bertz CT molecular complexity index is 507. The van der Waals surface area contributed by atoms with E-state index in [9.17, 15) is 23.2 Å². The zero-order valence-electron chi connectivity index (χ0n) is 8.99. The van der Waals surface area contributed by atoms with Crippen LogP contribution >= 0.6 is 0 Å². The van der Waals surface area contributed by atoms with Crippen molar-refractivity contribution in [3.05, 3.63) is 29.6 Å². The number of pyridine rings is 1. The smallest absolute Gasteiger partial charge is 0.398 e. The van der Waals surface area contributed by atoms with Crippen molar-refractivity contribution in [3.8, 4) is 0 Å². The number of nitrogens with zero attached hydrogens (tertiary/aromatic N) is 1. The van der Waals surface area contributed by atoms with Crippen LogP contribution in [0.4, 0.5) is 8.78 Å². The van der Waals surface area contributed by atoms with Gasteiger partial charge in [0.2, 0.25) is 0 Å². The summed E-state index contributed by atoms with van der Waals surface area (Å²) in [7, 11) is 0.963. The monoisotopic (exact) mass is 259 g/mol. The van der Waals surface area contributed by atoms with Crippen LogP contribution in [0.2, 0.25) is 0 Å². The van der Waals surface area contributed by atoms with Gasteiger partial charge in [0.05, 0.1) is 13.3 Å². The number of esters is 1. The van der Waals surface area contributed by atoms with Gasteiger partial charge >= 0.3 is 11.9 Å². The van der Waals surface area contributed by atoms with Crippen molar-refractivity contribution in [2.24, 2.45) is 0 Å². The zero-order valence-corrected chi connectivity index (χ0v) is 8.99. The molecule has 0 fully saturated rings. The number of hydrogen-bond donors (Lipinski definition) is 2. The van der Waals surface area contributed by atoms with E-state index in [0.717, 1.165) is 7.11 Å². The van der Waals surface area contributed by atoms with E-state index in [1.54, 1.807) is 10.9 Å². The Kier molecular flexibility index (Phi) is 4.24. The highest BCUT2D eigenvalue weighted by Gasteiger charge is 2.18. The minimum Gasteiger partial charge on any atom is -0.462 e. The number of amides is 2. The molecule has 0 aliphatic rings. The highest BCUT2D eigenvalue weighted by Crippen LogP contribution is 2.05. The largest absolute Gasteiger partial charge is 0.462 e. The van der Waals surface area contributed by atoms with Crippen LogP contribution in [0.3, 0.4) is 0 Å². The quantitative estimate of drug-likeness (QED) is 0.394. The molecule has 18 heavy (non-hydrogen) atoms. The molecule has 1 aromatic rings. The van der Waals surface area contributed by atoms with Crippen LogP contribution in [0, 0.1) is 11.6 Å². The van der Waals surface area contributed by atoms with E-state index in [0.29, 0.717) is 12.3 Å². The molecular formula is C9H7F2N3O4. The second-order valence-corrected chi connectivity index (χ2v) is 2.88. The Morgan fingerprint density at radius 2 is 1.94 bits per heavy atom. The number of ether oxygens (including phenoxy) is 1. The van der Waals surface area contributed by atoms with E-state index in [1.807, 2.05) is 0 Å². The molecule has 0 aliphatic heterocycles. The lowest BCUT2D eigenvalue weighted by Gasteiger charge is -2.05. The zero-order chi connectivity index (χ0) is 13.7. The first-order valence-electron chi connectivity index (χ1n) is 4.45. The number of halogens is 2. The lowest BCUT2D eigenvalue weighted by Crippen LogP contribution is -2.45. The van der Waals surface area contributed by atoms with E-state index in [4.69, 9.17) is 0 Å². The van der Waals surface area contributed by atoms with Gasteiger partial charge < -0.3 is 4.74 Å². The topological polar surface area (TPSA) is 97.4 Å². The molecule has 1 aromatic heterocycles. The standard InChI is InChI=1S/C9H7F2N3O4/c1-18-9(17)8(16)14-13-7(15)6-5(11)2-4(10)3-12-6/h2-3H,1H3,(H,13,15)(H,14,16). The third kappa shape index (κ3) is 3.20. The van der Waals surface area contributed by atoms with Crippen LogP contribution < -0.4 is 10.9 Å². The molecule has 96 valence electrons. The van der Waals surface area contributed by atoms with Crippen LogP contribution in [-0.4, -0.2) is 29.9 Å². The minimum atomic E-state index is -1.26. The molecule has 7 nitrogen and oxygen atoms in total. The highest BCUT2D eigenvalue weighted by molar-refractivity contribution is 6.32. The fraction of sp³-hybridized carbons (Fsp3) is 0.111. The maximum atomic E-state index is 13.1. The summed E-state index contributed by atoms with van der Waals surface area (Å²) in [6.45, 7) is 0. The van der Waals surface area contributed by atoms with E-state index in [1.165, 1.54) is 0 Å². The van der Waals surface area contributed by atoms with Gasteiger partial charge in [-0.25, -0.2) is 18.6 Å². The number of rotatable bonds is 1. The van der Waals surface area contributed by atoms with Gasteiger partial charge in [-0.1, -0.05) is 0 Å². The van der Waals surface area contributed by atoms with Gasteiger partial charge in [0.15, 0.2) is 11.5 Å². The molecule has 0 bridgehead atoms. The van der Waals surface area contributed by atoms with Crippen LogP contribution in [0.1, 0.15) is 10.5 Å². The lowest BCUT2D eigenvalue weighted by molar-refractivity contribution is -0.153. The predicted octanol–water partition coefficient (Wildman–Crippen LogP) is -0.706. The molecule has 2 amide bonds. The van der Waals surface area contributed by atoms with Gasteiger partial charge in [-0.3, -0.25) is 20.4 Å². The lowest BCUT2D eigenvalue weighted by atomic mass is 10.3. The Morgan fingerprint density at radius 1 is 1.28 bits per heavy atom. The summed E-state index contributed by atoms with van der Waals surface area (Å²) in [6, 6.07) is 0.448. The van der Waals surface area contributed by atoms with Crippen LogP contribution in [-0.2, 0) is 14.3 Å². The van der Waals surface area contributed by atoms with Gasteiger partial charge in [0, 0.05) is 6.07 Å².